The standard InChI is InChI=1S/C14H8O8.4Li/c15-11(16)5-1-2-6(12(17)18)10-8(14(21)22)4-3-7(9(5)10)13(19)20;;;;/h1-4H,(H,15,16)(H,17,18)(H,19,20)(H,21,22);;;;/q;4*+1/p-4. The van der Waals surface area contributed by atoms with Gasteiger partial charge in [0.05, 0.1) is 23.9 Å². The summed E-state index contributed by atoms with van der Waals surface area (Å²) in [6.07, 6.45) is 0. The smallest absolute Gasteiger partial charge is 0.545 e. The molecule has 0 amide bonds. The van der Waals surface area contributed by atoms with E-state index in [2.05, 4.69) is 0 Å². The third kappa shape index (κ3) is 5.48. The molecule has 0 saturated heterocycles. The summed E-state index contributed by atoms with van der Waals surface area (Å²) in [5.41, 5.74) is -2.77. The van der Waals surface area contributed by atoms with Crippen LogP contribution in [-0.4, -0.2) is 23.9 Å². The Morgan fingerprint density at radius 2 is 0.615 bits per heavy atom. The van der Waals surface area contributed by atoms with Gasteiger partial charge >= 0.3 is 75.4 Å². The molecular weight excluding hydrogens is 324 g/mol. The molecule has 0 bridgehead atoms. The summed E-state index contributed by atoms with van der Waals surface area (Å²) in [6, 6.07) is 3.14. The van der Waals surface area contributed by atoms with E-state index < -0.39 is 56.9 Å². The molecule has 0 spiro atoms. The molecule has 0 N–H and O–H groups in total. The maximum absolute atomic E-state index is 11.1. The number of carboxylic acids is 4. The van der Waals surface area contributed by atoms with E-state index in [9.17, 15) is 39.6 Å². The molecular formula is C14H4Li4O8. The Morgan fingerprint density at radius 1 is 0.462 bits per heavy atom. The van der Waals surface area contributed by atoms with Crippen molar-refractivity contribution >= 4 is 34.6 Å². The number of carbonyl (C=O) groups is 4. The fourth-order valence-corrected chi connectivity index (χ4v) is 2.18. The molecule has 0 aliphatic heterocycles. The molecule has 2 aromatic carbocycles. The van der Waals surface area contributed by atoms with Gasteiger partial charge in [-0.25, -0.2) is 0 Å². The zero-order valence-electron chi connectivity index (χ0n) is 14.6. The van der Waals surface area contributed by atoms with Gasteiger partial charge in [-0.05, 0) is 0 Å². The molecule has 26 heavy (non-hydrogen) atoms. The zero-order valence-corrected chi connectivity index (χ0v) is 14.6. The van der Waals surface area contributed by atoms with Crippen LogP contribution in [0, 0.1) is 0 Å². The van der Waals surface area contributed by atoms with Crippen molar-refractivity contribution in [3.05, 3.63) is 46.5 Å². The van der Waals surface area contributed by atoms with Crippen molar-refractivity contribution in [3.63, 3.8) is 0 Å². The van der Waals surface area contributed by atoms with Gasteiger partial charge in [0, 0.05) is 33.0 Å². The molecule has 0 aliphatic carbocycles. The molecule has 0 aromatic heterocycles. The number of fused-ring (bicyclic) bond motifs is 1. The second-order valence-electron chi connectivity index (χ2n) is 4.22. The molecule has 8 nitrogen and oxygen atoms in total. The Balaban J connectivity index is -0.00000132. The average molecular weight is 328 g/mol. The molecule has 112 valence electrons. The fourth-order valence-electron chi connectivity index (χ4n) is 2.18. The normalized spacial score (nSPS) is 8.77. The van der Waals surface area contributed by atoms with Crippen molar-refractivity contribution in [3.8, 4) is 0 Å². The molecule has 0 aliphatic rings. The first kappa shape index (κ1) is 29.7. The summed E-state index contributed by atoms with van der Waals surface area (Å²) in [7, 11) is 0. The SMILES string of the molecule is O=C([O-])c1ccc(C(=O)[O-])c2c(C(=O)[O-])ccc(C(=O)[O-])c12.[Li+].[Li+].[Li+].[Li+]. The molecule has 12 heteroatoms. The molecule has 2 aromatic rings. The van der Waals surface area contributed by atoms with E-state index in [0.29, 0.717) is 0 Å². The van der Waals surface area contributed by atoms with Crippen LogP contribution in [-0.2, 0) is 0 Å². The first-order chi connectivity index (χ1) is 10.3. The largest absolute Gasteiger partial charge is 1.00 e. The predicted molar refractivity (Wildman–Crippen MR) is 61.3 cm³/mol. The Kier molecular flexibility index (Phi) is 13.3. The van der Waals surface area contributed by atoms with Crippen LogP contribution in [0.3, 0.4) is 0 Å². The first-order valence-electron chi connectivity index (χ1n) is 5.70. The van der Waals surface area contributed by atoms with Crippen molar-refractivity contribution in [2.75, 3.05) is 0 Å². The van der Waals surface area contributed by atoms with Crippen LogP contribution in [0.15, 0.2) is 24.3 Å². The fraction of sp³-hybridized carbons (Fsp3) is 0. The number of carboxylic acid groups (broad SMARTS) is 4. The van der Waals surface area contributed by atoms with E-state index in [1.807, 2.05) is 0 Å². The van der Waals surface area contributed by atoms with Crippen LogP contribution in [0.4, 0.5) is 0 Å². The summed E-state index contributed by atoms with van der Waals surface area (Å²) >= 11 is 0. The Labute approximate surface area is 195 Å². The van der Waals surface area contributed by atoms with Gasteiger partial charge in [0.25, 0.3) is 0 Å². The summed E-state index contributed by atoms with van der Waals surface area (Å²) < 4.78 is 0. The second-order valence-corrected chi connectivity index (χ2v) is 4.22. The van der Waals surface area contributed by atoms with Crippen LogP contribution in [0.25, 0.3) is 10.8 Å². The van der Waals surface area contributed by atoms with Crippen LogP contribution < -0.4 is 95.9 Å². The zero-order chi connectivity index (χ0) is 16.6. The number of aromatic carboxylic acids is 4. The number of rotatable bonds is 4. The molecule has 0 saturated carbocycles. The quantitative estimate of drug-likeness (QED) is 0.500. The van der Waals surface area contributed by atoms with Gasteiger partial charge in [-0.1, -0.05) is 24.3 Å². The maximum Gasteiger partial charge on any atom is 1.00 e. The summed E-state index contributed by atoms with van der Waals surface area (Å²) in [6.45, 7) is 0. The second kappa shape index (κ2) is 11.6. The topological polar surface area (TPSA) is 161 Å². The third-order valence-electron chi connectivity index (χ3n) is 3.04. The van der Waals surface area contributed by atoms with Gasteiger partial charge in [0.1, 0.15) is 0 Å². The molecule has 2 rings (SSSR count). The number of hydrogen-bond acceptors (Lipinski definition) is 8. The van der Waals surface area contributed by atoms with Gasteiger partial charge in [-0.15, -0.1) is 0 Å². The molecule has 0 heterocycles. The minimum absolute atomic E-state index is 0. The first-order valence-corrected chi connectivity index (χ1v) is 5.70. The van der Waals surface area contributed by atoms with Crippen molar-refractivity contribution in [1.29, 1.82) is 0 Å². The van der Waals surface area contributed by atoms with Crippen molar-refractivity contribution in [1.82, 2.24) is 0 Å². The van der Waals surface area contributed by atoms with Gasteiger partial charge in [0.2, 0.25) is 0 Å². The summed E-state index contributed by atoms with van der Waals surface area (Å²) in [5, 5.41) is 43.1. The van der Waals surface area contributed by atoms with Crippen LogP contribution >= 0.6 is 0 Å². The van der Waals surface area contributed by atoms with E-state index in [1.165, 1.54) is 0 Å². The average Bonchev–Trinajstić information content (AvgIpc) is 2.43. The number of hydrogen-bond donors (Lipinski definition) is 0. The van der Waals surface area contributed by atoms with Crippen LogP contribution in [0.1, 0.15) is 41.4 Å². The Hall–Kier alpha value is -1.03. The van der Waals surface area contributed by atoms with E-state index in [1.54, 1.807) is 0 Å². The van der Waals surface area contributed by atoms with Crippen LogP contribution in [0.5, 0.6) is 0 Å². The third-order valence-corrected chi connectivity index (χ3v) is 3.04. The molecule has 0 atom stereocenters. The van der Waals surface area contributed by atoms with Gasteiger partial charge in [-0.3, -0.25) is 0 Å². The van der Waals surface area contributed by atoms with E-state index in [0.717, 1.165) is 24.3 Å². The summed E-state index contributed by atoms with van der Waals surface area (Å²) in [4.78, 5) is 44.4. The minimum atomic E-state index is -1.81. The minimum Gasteiger partial charge on any atom is -0.545 e. The monoisotopic (exact) mass is 328 g/mol. The van der Waals surface area contributed by atoms with Crippen molar-refractivity contribution in [2.45, 2.75) is 0 Å². The van der Waals surface area contributed by atoms with E-state index in [-0.39, 0.29) is 75.4 Å². The van der Waals surface area contributed by atoms with E-state index in [4.69, 9.17) is 0 Å². The van der Waals surface area contributed by atoms with E-state index >= 15 is 0 Å². The van der Waals surface area contributed by atoms with Crippen molar-refractivity contribution < 1.29 is 115 Å². The molecule has 0 radical (unpaired) electrons. The summed E-state index contributed by atoms with van der Waals surface area (Å²) in [5.74, 6) is -7.25. The van der Waals surface area contributed by atoms with Crippen LogP contribution in [0.2, 0.25) is 0 Å². The Bertz CT molecular complexity index is 728. The predicted octanol–water partition coefficient (Wildman–Crippen LogP) is -15.7. The maximum atomic E-state index is 11.1. The Morgan fingerprint density at radius 3 is 0.731 bits per heavy atom. The number of carbonyl (C=O) groups excluding carboxylic acids is 4. The van der Waals surface area contributed by atoms with Crippen molar-refractivity contribution in [2.24, 2.45) is 0 Å². The molecule has 0 unspecified atom stereocenters. The van der Waals surface area contributed by atoms with Gasteiger partial charge in [-0.2, -0.15) is 0 Å². The number of benzene rings is 2. The van der Waals surface area contributed by atoms with Gasteiger partial charge < -0.3 is 39.6 Å². The van der Waals surface area contributed by atoms with Gasteiger partial charge in [0.15, 0.2) is 0 Å². The molecule has 0 fully saturated rings.